The topological polar surface area (TPSA) is 45.2 Å². The fourth-order valence-electron chi connectivity index (χ4n) is 2.80. The lowest BCUT2D eigenvalue weighted by Crippen LogP contribution is -2.26. The molecule has 27 heavy (non-hydrogen) atoms. The van der Waals surface area contributed by atoms with E-state index in [4.69, 9.17) is 11.6 Å². The summed E-state index contributed by atoms with van der Waals surface area (Å²) in [5.41, 5.74) is 2.86. The van der Waals surface area contributed by atoms with Gasteiger partial charge in [0.2, 0.25) is 0 Å². The third-order valence-electron chi connectivity index (χ3n) is 4.25. The van der Waals surface area contributed by atoms with Crippen LogP contribution in [-0.2, 0) is 13.0 Å². The van der Waals surface area contributed by atoms with E-state index in [9.17, 15) is 4.79 Å². The number of amides is 1. The molecule has 1 N–H and O–H groups in total. The Hall–Kier alpha value is -2.85. The van der Waals surface area contributed by atoms with E-state index >= 15 is 0 Å². The van der Waals surface area contributed by atoms with Gasteiger partial charge in [-0.05, 0) is 41.8 Å². The molecule has 1 heterocycles. The van der Waals surface area contributed by atoms with Gasteiger partial charge in [-0.1, -0.05) is 54.1 Å². The van der Waals surface area contributed by atoms with Crippen LogP contribution in [0.4, 0.5) is 5.82 Å². The van der Waals surface area contributed by atoms with Gasteiger partial charge in [-0.2, -0.15) is 0 Å². The van der Waals surface area contributed by atoms with E-state index in [1.807, 2.05) is 55.6 Å². The Kier molecular flexibility index (Phi) is 6.44. The van der Waals surface area contributed by atoms with E-state index in [2.05, 4.69) is 27.3 Å². The quantitative estimate of drug-likeness (QED) is 0.664. The number of aromatic nitrogens is 1. The number of benzene rings is 2. The summed E-state index contributed by atoms with van der Waals surface area (Å²) in [4.78, 5) is 18.8. The molecule has 5 heteroatoms. The Labute approximate surface area is 164 Å². The number of halogens is 1. The van der Waals surface area contributed by atoms with Crippen molar-refractivity contribution in [3.05, 3.63) is 94.6 Å². The molecular formula is C22H22ClN3O. The van der Waals surface area contributed by atoms with Crippen LogP contribution in [0, 0.1) is 0 Å². The average Bonchev–Trinajstić information content (AvgIpc) is 2.69. The molecule has 1 amide bonds. The van der Waals surface area contributed by atoms with Crippen molar-refractivity contribution in [1.82, 2.24) is 10.3 Å². The molecule has 0 bridgehead atoms. The smallest absolute Gasteiger partial charge is 0.252 e. The third-order valence-corrected chi connectivity index (χ3v) is 4.49. The highest BCUT2D eigenvalue weighted by Gasteiger charge is 2.08. The lowest BCUT2D eigenvalue weighted by Gasteiger charge is -2.18. The molecular weight excluding hydrogens is 358 g/mol. The van der Waals surface area contributed by atoms with Crippen LogP contribution in [0.3, 0.4) is 0 Å². The van der Waals surface area contributed by atoms with Crippen molar-refractivity contribution in [2.75, 3.05) is 18.5 Å². The van der Waals surface area contributed by atoms with Crippen LogP contribution >= 0.6 is 11.6 Å². The van der Waals surface area contributed by atoms with Crippen molar-refractivity contribution in [2.24, 2.45) is 0 Å². The highest BCUT2D eigenvalue weighted by atomic mass is 35.5. The van der Waals surface area contributed by atoms with Crippen molar-refractivity contribution >= 4 is 23.3 Å². The molecule has 0 aliphatic rings. The summed E-state index contributed by atoms with van der Waals surface area (Å²) >= 11 is 5.97. The van der Waals surface area contributed by atoms with Crippen molar-refractivity contribution in [2.45, 2.75) is 13.0 Å². The number of nitrogens with zero attached hydrogens (tertiary/aromatic N) is 2. The normalized spacial score (nSPS) is 10.4. The van der Waals surface area contributed by atoms with Crippen molar-refractivity contribution in [3.63, 3.8) is 0 Å². The summed E-state index contributed by atoms with van der Waals surface area (Å²) in [5, 5.41) is 3.63. The first-order chi connectivity index (χ1) is 13.1. The highest BCUT2D eigenvalue weighted by molar-refractivity contribution is 6.30. The Morgan fingerprint density at radius 3 is 2.52 bits per heavy atom. The number of carbonyl (C=O) groups excluding carboxylic acids is 1. The number of anilines is 1. The van der Waals surface area contributed by atoms with Gasteiger partial charge < -0.3 is 10.2 Å². The SMILES string of the molecule is CN(Cc1ccccc1)c1ccc(C(=O)NCCc2cccc(Cl)c2)cn1. The summed E-state index contributed by atoms with van der Waals surface area (Å²) in [7, 11) is 1.99. The van der Waals surface area contributed by atoms with Crippen LogP contribution in [0.5, 0.6) is 0 Å². The first-order valence-electron chi connectivity index (χ1n) is 8.85. The van der Waals surface area contributed by atoms with E-state index in [-0.39, 0.29) is 5.91 Å². The van der Waals surface area contributed by atoms with Crippen LogP contribution in [0.15, 0.2) is 72.9 Å². The molecule has 0 aliphatic heterocycles. The van der Waals surface area contributed by atoms with Crippen molar-refractivity contribution in [3.8, 4) is 0 Å². The van der Waals surface area contributed by atoms with Crippen molar-refractivity contribution < 1.29 is 4.79 Å². The lowest BCUT2D eigenvalue weighted by atomic mass is 10.1. The molecule has 0 unspecified atom stereocenters. The molecule has 0 radical (unpaired) electrons. The Morgan fingerprint density at radius 2 is 1.81 bits per heavy atom. The molecule has 0 atom stereocenters. The lowest BCUT2D eigenvalue weighted by molar-refractivity contribution is 0.0954. The van der Waals surface area contributed by atoms with Gasteiger partial charge in [-0.15, -0.1) is 0 Å². The van der Waals surface area contributed by atoms with Crippen molar-refractivity contribution in [1.29, 1.82) is 0 Å². The molecule has 0 spiro atoms. The van der Waals surface area contributed by atoms with Crippen LogP contribution in [-0.4, -0.2) is 24.5 Å². The standard InChI is InChI=1S/C22H22ClN3O/c1-26(16-18-6-3-2-4-7-18)21-11-10-19(15-25-21)22(27)24-13-12-17-8-5-9-20(23)14-17/h2-11,14-15H,12-13,16H2,1H3,(H,24,27). The number of hydrogen-bond donors (Lipinski definition) is 1. The van der Waals surface area contributed by atoms with E-state index in [1.165, 1.54) is 5.56 Å². The Morgan fingerprint density at radius 1 is 1.04 bits per heavy atom. The summed E-state index contributed by atoms with van der Waals surface area (Å²) < 4.78 is 0. The predicted octanol–water partition coefficient (Wildman–Crippen LogP) is 4.34. The van der Waals surface area contributed by atoms with E-state index in [0.717, 1.165) is 24.3 Å². The third kappa shape index (κ3) is 5.56. The van der Waals surface area contributed by atoms with Gasteiger partial charge >= 0.3 is 0 Å². The Balaban J connectivity index is 1.52. The molecule has 3 rings (SSSR count). The second kappa shape index (κ2) is 9.19. The van der Waals surface area contributed by atoms with E-state index in [0.29, 0.717) is 17.1 Å². The van der Waals surface area contributed by atoms with Gasteiger partial charge in [0.25, 0.3) is 5.91 Å². The van der Waals surface area contributed by atoms with E-state index in [1.54, 1.807) is 12.3 Å². The number of pyridine rings is 1. The van der Waals surface area contributed by atoms with Gasteiger partial charge in [0.15, 0.2) is 0 Å². The van der Waals surface area contributed by atoms with Gasteiger partial charge in [0.05, 0.1) is 5.56 Å². The van der Waals surface area contributed by atoms with Gasteiger partial charge in [0.1, 0.15) is 5.82 Å². The fourth-order valence-corrected chi connectivity index (χ4v) is 3.01. The second-order valence-electron chi connectivity index (χ2n) is 6.38. The van der Waals surface area contributed by atoms with E-state index < -0.39 is 0 Å². The minimum atomic E-state index is -0.123. The molecule has 3 aromatic rings. The number of hydrogen-bond acceptors (Lipinski definition) is 3. The molecule has 0 aliphatic carbocycles. The van der Waals surface area contributed by atoms with Crippen LogP contribution in [0.25, 0.3) is 0 Å². The second-order valence-corrected chi connectivity index (χ2v) is 6.82. The molecule has 1 aromatic heterocycles. The number of rotatable bonds is 7. The fraction of sp³-hybridized carbons (Fsp3) is 0.182. The van der Waals surface area contributed by atoms with Gasteiger partial charge in [0, 0.05) is 31.4 Å². The summed E-state index contributed by atoms with van der Waals surface area (Å²) in [6, 6.07) is 21.5. The first-order valence-corrected chi connectivity index (χ1v) is 9.23. The maximum atomic E-state index is 12.3. The average molecular weight is 380 g/mol. The molecule has 4 nitrogen and oxygen atoms in total. The Bertz CT molecular complexity index is 882. The maximum absolute atomic E-state index is 12.3. The summed E-state index contributed by atoms with van der Waals surface area (Å²) in [5.74, 6) is 0.705. The van der Waals surface area contributed by atoms with Crippen LogP contribution < -0.4 is 10.2 Å². The molecule has 2 aromatic carbocycles. The number of carbonyl (C=O) groups is 1. The monoisotopic (exact) mass is 379 g/mol. The zero-order chi connectivity index (χ0) is 19.1. The van der Waals surface area contributed by atoms with Crippen LogP contribution in [0.1, 0.15) is 21.5 Å². The summed E-state index contributed by atoms with van der Waals surface area (Å²) in [6.45, 7) is 1.31. The summed E-state index contributed by atoms with van der Waals surface area (Å²) in [6.07, 6.45) is 2.35. The maximum Gasteiger partial charge on any atom is 0.252 e. The zero-order valence-corrected chi connectivity index (χ0v) is 16.0. The highest BCUT2D eigenvalue weighted by Crippen LogP contribution is 2.14. The molecule has 0 saturated heterocycles. The first kappa shape index (κ1) is 18.9. The molecule has 0 saturated carbocycles. The zero-order valence-electron chi connectivity index (χ0n) is 15.2. The molecule has 0 fully saturated rings. The predicted molar refractivity (Wildman–Crippen MR) is 110 cm³/mol. The molecule has 138 valence electrons. The largest absolute Gasteiger partial charge is 0.355 e. The van der Waals surface area contributed by atoms with Gasteiger partial charge in [-0.25, -0.2) is 4.98 Å². The van der Waals surface area contributed by atoms with Gasteiger partial charge in [-0.3, -0.25) is 4.79 Å². The van der Waals surface area contributed by atoms with Crippen LogP contribution in [0.2, 0.25) is 5.02 Å². The minimum absolute atomic E-state index is 0.123. The minimum Gasteiger partial charge on any atom is -0.355 e. The number of nitrogens with one attached hydrogen (secondary N) is 1.